The molecule has 152 valence electrons. The number of amides is 3. The Morgan fingerprint density at radius 2 is 1.69 bits per heavy atom. The Balaban J connectivity index is 1.64. The fourth-order valence-corrected chi connectivity index (χ4v) is 3.09. The highest BCUT2D eigenvalue weighted by molar-refractivity contribution is 6.04. The number of piperazine rings is 1. The summed E-state index contributed by atoms with van der Waals surface area (Å²) in [6, 6.07) is 10.1. The van der Waals surface area contributed by atoms with Crippen molar-refractivity contribution in [3.05, 3.63) is 53.9 Å². The highest BCUT2D eigenvalue weighted by Gasteiger charge is 2.24. The van der Waals surface area contributed by atoms with Gasteiger partial charge in [-0.3, -0.25) is 19.4 Å². The van der Waals surface area contributed by atoms with Crippen molar-refractivity contribution in [2.24, 2.45) is 0 Å². The fourth-order valence-electron chi connectivity index (χ4n) is 3.09. The van der Waals surface area contributed by atoms with Gasteiger partial charge in [-0.05, 0) is 43.3 Å². The summed E-state index contributed by atoms with van der Waals surface area (Å²) in [5, 5.41) is 2.77. The lowest BCUT2D eigenvalue weighted by Crippen LogP contribution is -2.50. The number of hydrogen-bond donors (Lipinski definition) is 1. The zero-order valence-corrected chi connectivity index (χ0v) is 16.6. The summed E-state index contributed by atoms with van der Waals surface area (Å²) in [5.41, 5.74) is 1.16. The van der Waals surface area contributed by atoms with Gasteiger partial charge in [-0.25, -0.2) is 0 Å². The van der Waals surface area contributed by atoms with Gasteiger partial charge in [0.05, 0.1) is 6.61 Å². The van der Waals surface area contributed by atoms with Crippen LogP contribution in [0.15, 0.2) is 42.6 Å². The van der Waals surface area contributed by atoms with Crippen LogP contribution in [0, 0.1) is 0 Å². The topological polar surface area (TPSA) is 91.8 Å². The molecular weight excluding hydrogens is 372 g/mol. The lowest BCUT2D eigenvalue weighted by molar-refractivity contribution is -0.130. The van der Waals surface area contributed by atoms with Crippen LogP contribution >= 0.6 is 0 Å². The molecule has 2 heterocycles. The molecule has 1 aromatic carbocycles. The minimum atomic E-state index is -0.398. The number of hydrogen-bond acceptors (Lipinski definition) is 5. The molecule has 0 unspecified atom stereocenters. The maximum atomic E-state index is 12.8. The van der Waals surface area contributed by atoms with Gasteiger partial charge in [0.2, 0.25) is 5.91 Å². The highest BCUT2D eigenvalue weighted by atomic mass is 16.5. The third-order valence-electron chi connectivity index (χ3n) is 4.67. The van der Waals surface area contributed by atoms with Gasteiger partial charge in [0.1, 0.15) is 11.4 Å². The van der Waals surface area contributed by atoms with E-state index >= 15 is 0 Å². The molecule has 0 spiro atoms. The second kappa shape index (κ2) is 9.18. The monoisotopic (exact) mass is 396 g/mol. The zero-order valence-electron chi connectivity index (χ0n) is 16.6. The van der Waals surface area contributed by atoms with E-state index in [9.17, 15) is 14.4 Å². The van der Waals surface area contributed by atoms with Crippen LogP contribution in [0.1, 0.15) is 34.7 Å². The number of ether oxygens (including phenoxy) is 1. The number of aromatic nitrogens is 1. The van der Waals surface area contributed by atoms with Crippen LogP contribution in [0.5, 0.6) is 5.75 Å². The van der Waals surface area contributed by atoms with E-state index in [0.717, 1.165) is 5.75 Å². The van der Waals surface area contributed by atoms with Crippen LogP contribution in [-0.2, 0) is 4.79 Å². The van der Waals surface area contributed by atoms with Crippen LogP contribution in [-0.4, -0.2) is 65.3 Å². The average Bonchev–Trinajstić information content (AvgIpc) is 2.75. The van der Waals surface area contributed by atoms with E-state index in [2.05, 4.69) is 10.3 Å². The molecule has 3 rings (SSSR count). The maximum Gasteiger partial charge on any atom is 0.274 e. The van der Waals surface area contributed by atoms with E-state index < -0.39 is 5.91 Å². The number of nitrogens with zero attached hydrogens (tertiary/aromatic N) is 3. The van der Waals surface area contributed by atoms with Crippen molar-refractivity contribution >= 4 is 23.4 Å². The number of anilines is 1. The molecular formula is C21H24N4O4. The zero-order chi connectivity index (χ0) is 20.8. The molecule has 1 aliphatic heterocycles. The molecule has 8 nitrogen and oxygen atoms in total. The van der Waals surface area contributed by atoms with E-state index in [0.29, 0.717) is 44.0 Å². The van der Waals surface area contributed by atoms with Gasteiger partial charge >= 0.3 is 0 Å². The third-order valence-corrected chi connectivity index (χ3v) is 4.67. The molecule has 0 radical (unpaired) electrons. The summed E-state index contributed by atoms with van der Waals surface area (Å²) in [7, 11) is 0. The van der Waals surface area contributed by atoms with Gasteiger partial charge in [-0.15, -0.1) is 0 Å². The van der Waals surface area contributed by atoms with Crippen molar-refractivity contribution < 1.29 is 19.1 Å². The molecule has 1 N–H and O–H groups in total. The first kappa shape index (κ1) is 20.3. The molecule has 1 aliphatic rings. The number of nitrogens with one attached hydrogen (secondary N) is 1. The first-order valence-electron chi connectivity index (χ1n) is 9.53. The molecule has 3 amide bonds. The normalized spacial score (nSPS) is 13.7. The number of carbonyl (C=O) groups excluding carboxylic acids is 3. The van der Waals surface area contributed by atoms with Gasteiger partial charge in [-0.1, -0.05) is 0 Å². The SMILES string of the molecule is CCOc1ccc(NC(=O)c2cc(C(=O)N3CCN(C(C)=O)CC3)ccn2)cc1. The van der Waals surface area contributed by atoms with Crippen molar-refractivity contribution in [2.75, 3.05) is 38.1 Å². The number of rotatable bonds is 5. The molecule has 29 heavy (non-hydrogen) atoms. The van der Waals surface area contributed by atoms with E-state index in [1.807, 2.05) is 6.92 Å². The molecule has 0 atom stereocenters. The van der Waals surface area contributed by atoms with Crippen molar-refractivity contribution in [3.63, 3.8) is 0 Å². The molecule has 2 aromatic rings. The molecule has 8 heteroatoms. The molecule has 1 fully saturated rings. The molecule has 0 saturated carbocycles. The Morgan fingerprint density at radius 3 is 2.31 bits per heavy atom. The van der Waals surface area contributed by atoms with Crippen LogP contribution < -0.4 is 10.1 Å². The summed E-state index contributed by atoms with van der Waals surface area (Å²) in [5.74, 6) is 0.159. The Bertz CT molecular complexity index is 890. The molecule has 0 aliphatic carbocycles. The average molecular weight is 396 g/mol. The van der Waals surface area contributed by atoms with E-state index in [4.69, 9.17) is 4.74 Å². The smallest absolute Gasteiger partial charge is 0.274 e. The van der Waals surface area contributed by atoms with Crippen molar-refractivity contribution in [2.45, 2.75) is 13.8 Å². The third kappa shape index (κ3) is 5.10. The number of carbonyl (C=O) groups is 3. The molecule has 0 bridgehead atoms. The Morgan fingerprint density at radius 1 is 1.03 bits per heavy atom. The summed E-state index contributed by atoms with van der Waals surface area (Å²) in [6.45, 7) is 5.95. The second-order valence-electron chi connectivity index (χ2n) is 6.64. The predicted molar refractivity (Wildman–Crippen MR) is 108 cm³/mol. The standard InChI is InChI=1S/C21H24N4O4/c1-3-29-18-6-4-17(5-7-18)23-20(27)19-14-16(8-9-22-19)21(28)25-12-10-24(11-13-25)15(2)26/h4-9,14H,3,10-13H2,1-2H3,(H,23,27). The van der Waals surface area contributed by atoms with E-state index in [-0.39, 0.29) is 17.5 Å². The van der Waals surface area contributed by atoms with Crippen molar-refractivity contribution in [1.29, 1.82) is 0 Å². The fraction of sp³-hybridized carbons (Fsp3) is 0.333. The summed E-state index contributed by atoms with van der Waals surface area (Å²) >= 11 is 0. The Hall–Kier alpha value is -3.42. The minimum absolute atomic E-state index is 0.00857. The van der Waals surface area contributed by atoms with Gasteiger partial charge in [0.15, 0.2) is 0 Å². The van der Waals surface area contributed by atoms with Gasteiger partial charge < -0.3 is 19.9 Å². The van der Waals surface area contributed by atoms with Crippen LogP contribution in [0.3, 0.4) is 0 Å². The quantitative estimate of drug-likeness (QED) is 0.835. The highest BCUT2D eigenvalue weighted by Crippen LogP contribution is 2.17. The Labute approximate surface area is 169 Å². The predicted octanol–water partition coefficient (Wildman–Crippen LogP) is 2.04. The van der Waals surface area contributed by atoms with Crippen LogP contribution in [0.25, 0.3) is 0 Å². The van der Waals surface area contributed by atoms with Crippen LogP contribution in [0.2, 0.25) is 0 Å². The molecule has 1 saturated heterocycles. The van der Waals surface area contributed by atoms with Gasteiger partial charge in [0.25, 0.3) is 11.8 Å². The maximum absolute atomic E-state index is 12.8. The first-order chi connectivity index (χ1) is 14.0. The summed E-state index contributed by atoms with van der Waals surface area (Å²) in [4.78, 5) is 44.2. The van der Waals surface area contributed by atoms with Gasteiger partial charge in [-0.2, -0.15) is 0 Å². The van der Waals surface area contributed by atoms with Crippen LogP contribution in [0.4, 0.5) is 5.69 Å². The van der Waals surface area contributed by atoms with E-state index in [1.54, 1.807) is 40.1 Å². The number of pyridine rings is 1. The second-order valence-corrected chi connectivity index (χ2v) is 6.64. The summed E-state index contributed by atoms with van der Waals surface area (Å²) in [6.07, 6.45) is 1.45. The first-order valence-corrected chi connectivity index (χ1v) is 9.53. The Kier molecular flexibility index (Phi) is 6.43. The van der Waals surface area contributed by atoms with E-state index in [1.165, 1.54) is 19.2 Å². The van der Waals surface area contributed by atoms with Crippen molar-refractivity contribution in [1.82, 2.24) is 14.8 Å². The summed E-state index contributed by atoms with van der Waals surface area (Å²) < 4.78 is 5.38. The largest absolute Gasteiger partial charge is 0.494 e. The molecule has 1 aromatic heterocycles. The van der Waals surface area contributed by atoms with Gasteiger partial charge in [0, 0.05) is 50.6 Å². The number of benzene rings is 1. The van der Waals surface area contributed by atoms with Crippen molar-refractivity contribution in [3.8, 4) is 5.75 Å². The lowest BCUT2D eigenvalue weighted by atomic mass is 10.1. The minimum Gasteiger partial charge on any atom is -0.494 e. The lowest BCUT2D eigenvalue weighted by Gasteiger charge is -2.34.